The van der Waals surface area contributed by atoms with Crippen molar-refractivity contribution in [1.82, 2.24) is 14.7 Å². The molecule has 2 fully saturated rings. The number of rotatable bonds is 7. The molecule has 0 spiro atoms. The Morgan fingerprint density at radius 2 is 1.69 bits per heavy atom. The third-order valence-electron chi connectivity index (χ3n) is 7.63. The van der Waals surface area contributed by atoms with Gasteiger partial charge in [-0.3, -0.25) is 19.4 Å². The number of nitrogens with zero attached hydrogens (tertiary/aromatic N) is 3. The fourth-order valence-corrected chi connectivity index (χ4v) is 5.63. The molecule has 0 bridgehead atoms. The molecule has 4 rings (SSSR count). The second-order valence-electron chi connectivity index (χ2n) is 10.2. The first-order valence-corrected chi connectivity index (χ1v) is 12.8. The van der Waals surface area contributed by atoms with E-state index >= 15 is 0 Å². The summed E-state index contributed by atoms with van der Waals surface area (Å²) in [5, 5.41) is 19.6. The van der Waals surface area contributed by atoms with Crippen molar-refractivity contribution in [3.63, 3.8) is 0 Å². The van der Waals surface area contributed by atoms with Crippen LogP contribution in [-0.2, 0) is 4.79 Å². The van der Waals surface area contributed by atoms with Crippen LogP contribution >= 0.6 is 0 Å². The van der Waals surface area contributed by atoms with Gasteiger partial charge < -0.3 is 15.1 Å². The molecule has 0 saturated carbocycles. The lowest BCUT2D eigenvalue weighted by atomic mass is 9.92. The molecule has 7 heteroatoms. The molecule has 2 aliphatic rings. The van der Waals surface area contributed by atoms with Crippen molar-refractivity contribution in [3.05, 3.63) is 77.9 Å². The Labute approximate surface area is 213 Å². The standard InChI is InChI=1S/C29H37N3O4/c1-4-13-31-18-21(3)32(19-20(31)2)27(24-8-6-10-26(33)17-24)23-7-5-9-25(16-23)28(34)30-14-11-22(12-15-30)29(35)36/h4-10,16-17,20-22,27,33H,1,11-15,18-19H2,2-3H3,(H,35,36)/t20-,21-,27?/m1/s1. The van der Waals surface area contributed by atoms with E-state index in [-0.39, 0.29) is 29.7 Å². The summed E-state index contributed by atoms with van der Waals surface area (Å²) >= 11 is 0. The van der Waals surface area contributed by atoms with Crippen molar-refractivity contribution in [3.8, 4) is 5.75 Å². The van der Waals surface area contributed by atoms with Crippen molar-refractivity contribution < 1.29 is 19.8 Å². The SMILES string of the molecule is C=CCN1C[C@@H](C)N(C(c2cccc(O)c2)c2cccc(C(=O)N3CCC(C(=O)O)CC3)c2)C[C@H]1C. The predicted octanol–water partition coefficient (Wildman–Crippen LogP) is 4.00. The highest BCUT2D eigenvalue weighted by Gasteiger charge is 2.35. The number of phenols is 1. The summed E-state index contributed by atoms with van der Waals surface area (Å²) in [6.45, 7) is 11.8. The third-order valence-corrected chi connectivity index (χ3v) is 7.63. The first-order valence-electron chi connectivity index (χ1n) is 12.8. The minimum absolute atomic E-state index is 0.0624. The molecule has 2 saturated heterocycles. The van der Waals surface area contributed by atoms with Crippen molar-refractivity contribution in [1.29, 1.82) is 0 Å². The Kier molecular flexibility index (Phi) is 8.11. The van der Waals surface area contributed by atoms with E-state index in [1.807, 2.05) is 42.5 Å². The molecule has 1 unspecified atom stereocenters. The number of piperidine rings is 1. The van der Waals surface area contributed by atoms with Gasteiger partial charge in [0, 0.05) is 50.4 Å². The van der Waals surface area contributed by atoms with E-state index < -0.39 is 5.97 Å². The molecular formula is C29H37N3O4. The van der Waals surface area contributed by atoms with E-state index in [1.54, 1.807) is 11.0 Å². The molecule has 2 aliphatic heterocycles. The largest absolute Gasteiger partial charge is 0.508 e. The number of aliphatic carboxylic acids is 1. The van der Waals surface area contributed by atoms with Gasteiger partial charge >= 0.3 is 5.97 Å². The predicted molar refractivity (Wildman–Crippen MR) is 140 cm³/mol. The normalized spacial score (nSPS) is 22.8. The number of aromatic hydroxyl groups is 1. The van der Waals surface area contributed by atoms with Crippen LogP contribution in [0.3, 0.4) is 0 Å². The van der Waals surface area contributed by atoms with Gasteiger partial charge in [-0.1, -0.05) is 30.3 Å². The molecule has 0 aromatic heterocycles. The van der Waals surface area contributed by atoms with Crippen molar-refractivity contribution >= 4 is 11.9 Å². The van der Waals surface area contributed by atoms with Gasteiger partial charge in [-0.15, -0.1) is 6.58 Å². The molecular weight excluding hydrogens is 454 g/mol. The van der Waals surface area contributed by atoms with E-state index in [1.165, 1.54) is 0 Å². The molecule has 2 N–H and O–H groups in total. The fraction of sp³-hybridized carbons (Fsp3) is 0.448. The monoisotopic (exact) mass is 491 g/mol. The second-order valence-corrected chi connectivity index (χ2v) is 10.2. The Hall–Kier alpha value is -3.16. The minimum Gasteiger partial charge on any atom is -0.508 e. The van der Waals surface area contributed by atoms with Crippen LogP contribution in [0.1, 0.15) is 54.2 Å². The summed E-state index contributed by atoms with van der Waals surface area (Å²) in [6, 6.07) is 15.6. The third kappa shape index (κ3) is 5.63. The number of likely N-dealkylation sites (tertiary alicyclic amines) is 1. The molecule has 2 heterocycles. The van der Waals surface area contributed by atoms with E-state index in [2.05, 4.69) is 36.3 Å². The number of amides is 1. The van der Waals surface area contributed by atoms with Crippen molar-refractivity contribution in [2.45, 2.75) is 44.8 Å². The Morgan fingerprint density at radius 3 is 2.33 bits per heavy atom. The van der Waals surface area contributed by atoms with Gasteiger partial charge in [-0.25, -0.2) is 0 Å². The van der Waals surface area contributed by atoms with Crippen LogP contribution in [-0.4, -0.2) is 81.6 Å². The number of carboxylic acids is 1. The second kappa shape index (κ2) is 11.3. The van der Waals surface area contributed by atoms with Crippen LogP contribution in [0.25, 0.3) is 0 Å². The first-order chi connectivity index (χ1) is 17.3. The maximum atomic E-state index is 13.4. The molecule has 7 nitrogen and oxygen atoms in total. The van der Waals surface area contributed by atoms with Crippen molar-refractivity contribution in [2.24, 2.45) is 5.92 Å². The van der Waals surface area contributed by atoms with Gasteiger partial charge in [-0.05, 0) is 62.1 Å². The number of benzene rings is 2. The van der Waals surface area contributed by atoms with Crippen LogP contribution in [0.5, 0.6) is 5.75 Å². The summed E-state index contributed by atoms with van der Waals surface area (Å²) in [4.78, 5) is 31.3. The Bertz CT molecular complexity index is 1100. The highest BCUT2D eigenvalue weighted by Crippen LogP contribution is 2.35. The van der Waals surface area contributed by atoms with Gasteiger partial charge in [0.2, 0.25) is 0 Å². The highest BCUT2D eigenvalue weighted by atomic mass is 16.4. The van der Waals surface area contributed by atoms with E-state index in [9.17, 15) is 19.8 Å². The number of carbonyl (C=O) groups is 2. The van der Waals surface area contributed by atoms with Gasteiger partial charge in [-0.2, -0.15) is 0 Å². The molecule has 0 aliphatic carbocycles. The number of carbonyl (C=O) groups excluding carboxylic acids is 1. The smallest absolute Gasteiger partial charge is 0.306 e. The lowest BCUT2D eigenvalue weighted by Gasteiger charge is -2.47. The van der Waals surface area contributed by atoms with Crippen LogP contribution in [0.15, 0.2) is 61.2 Å². The topological polar surface area (TPSA) is 84.3 Å². The summed E-state index contributed by atoms with van der Waals surface area (Å²) < 4.78 is 0. The van der Waals surface area contributed by atoms with E-state index in [0.717, 1.165) is 30.8 Å². The lowest BCUT2D eigenvalue weighted by molar-refractivity contribution is -0.143. The highest BCUT2D eigenvalue weighted by molar-refractivity contribution is 5.94. The fourth-order valence-electron chi connectivity index (χ4n) is 5.63. The summed E-state index contributed by atoms with van der Waals surface area (Å²) in [6.07, 6.45) is 2.91. The number of piperazine rings is 1. The van der Waals surface area contributed by atoms with Crippen LogP contribution in [0, 0.1) is 5.92 Å². The van der Waals surface area contributed by atoms with Crippen molar-refractivity contribution in [2.75, 3.05) is 32.7 Å². The quantitative estimate of drug-likeness (QED) is 0.570. The van der Waals surface area contributed by atoms with Crippen LogP contribution in [0.4, 0.5) is 0 Å². The van der Waals surface area contributed by atoms with Gasteiger partial charge in [0.25, 0.3) is 5.91 Å². The molecule has 2 aromatic rings. The Morgan fingerprint density at radius 1 is 1.03 bits per heavy atom. The minimum atomic E-state index is -0.783. The average Bonchev–Trinajstić information content (AvgIpc) is 2.87. The molecule has 192 valence electrons. The summed E-state index contributed by atoms with van der Waals surface area (Å²) in [7, 11) is 0. The molecule has 2 aromatic carbocycles. The molecule has 0 radical (unpaired) electrons. The maximum absolute atomic E-state index is 13.4. The van der Waals surface area contributed by atoms with Gasteiger partial charge in [0.15, 0.2) is 0 Å². The zero-order chi connectivity index (χ0) is 25.8. The number of carboxylic acid groups (broad SMARTS) is 1. The average molecular weight is 492 g/mol. The Balaban J connectivity index is 1.64. The number of hydrogen-bond acceptors (Lipinski definition) is 5. The van der Waals surface area contributed by atoms with Crippen LogP contribution < -0.4 is 0 Å². The molecule has 1 amide bonds. The maximum Gasteiger partial charge on any atom is 0.306 e. The van der Waals surface area contributed by atoms with E-state index in [0.29, 0.717) is 37.5 Å². The number of hydrogen-bond donors (Lipinski definition) is 2. The molecule has 36 heavy (non-hydrogen) atoms. The van der Waals surface area contributed by atoms with Crippen LogP contribution in [0.2, 0.25) is 0 Å². The zero-order valence-corrected chi connectivity index (χ0v) is 21.2. The zero-order valence-electron chi connectivity index (χ0n) is 21.2. The van der Waals surface area contributed by atoms with E-state index in [4.69, 9.17) is 0 Å². The summed E-state index contributed by atoms with van der Waals surface area (Å²) in [5.41, 5.74) is 2.60. The lowest BCUT2D eigenvalue weighted by Crippen LogP contribution is -2.57. The number of phenolic OH excluding ortho intramolecular Hbond substituents is 1. The first kappa shape index (κ1) is 25.9. The van der Waals surface area contributed by atoms with Gasteiger partial charge in [0.05, 0.1) is 12.0 Å². The molecule has 3 atom stereocenters. The summed E-state index contributed by atoms with van der Waals surface area (Å²) in [5.74, 6) is -1.00. The van der Waals surface area contributed by atoms with Gasteiger partial charge in [0.1, 0.15) is 5.75 Å².